The van der Waals surface area contributed by atoms with Crippen molar-refractivity contribution in [2.45, 2.75) is 25.7 Å². The molecule has 2 aromatic rings. The Morgan fingerprint density at radius 3 is 2.54 bits per heavy atom. The zero-order chi connectivity index (χ0) is 20.3. The number of hydrogen-bond acceptors (Lipinski definition) is 3. The number of allylic oxidation sites excluding steroid dienone is 1. The van der Waals surface area contributed by atoms with Crippen LogP contribution in [0.5, 0.6) is 0 Å². The van der Waals surface area contributed by atoms with Gasteiger partial charge in [-0.05, 0) is 42.4 Å². The third kappa shape index (κ3) is 4.51. The van der Waals surface area contributed by atoms with Gasteiger partial charge in [0.15, 0.2) is 5.11 Å². The highest BCUT2D eigenvalue weighted by Crippen LogP contribution is 2.33. The third-order valence-corrected chi connectivity index (χ3v) is 4.47. The van der Waals surface area contributed by atoms with E-state index in [1.165, 1.54) is 12.1 Å². The summed E-state index contributed by atoms with van der Waals surface area (Å²) in [4.78, 5) is 12.7. The highest BCUT2D eigenvalue weighted by molar-refractivity contribution is 7.80. The van der Waals surface area contributed by atoms with Gasteiger partial charge in [-0.2, -0.15) is 13.2 Å². The molecule has 4 nitrogen and oxygen atoms in total. The Morgan fingerprint density at radius 2 is 1.86 bits per heavy atom. The SMILES string of the molecule is CC1=C(C(=O)OCc2ccccc2)[C@@H](c2cccc(C(F)(F)F)c2)NC(=S)N1. The van der Waals surface area contributed by atoms with Crippen molar-refractivity contribution in [1.29, 1.82) is 0 Å². The van der Waals surface area contributed by atoms with Crippen LogP contribution in [0.1, 0.15) is 29.7 Å². The molecule has 146 valence electrons. The number of thiocarbonyl (C=S) groups is 1. The standard InChI is InChI=1S/C20H17F3N2O2S/c1-12-16(18(26)27-11-13-6-3-2-4-7-13)17(25-19(28)24-12)14-8-5-9-15(10-14)20(21,22)23/h2-10,17H,11H2,1H3,(H2,24,25,28)/t17-/m1/s1. The minimum Gasteiger partial charge on any atom is -0.457 e. The number of carbonyl (C=O) groups excluding carboxylic acids is 1. The summed E-state index contributed by atoms with van der Waals surface area (Å²) in [5.41, 5.74) is 0.889. The van der Waals surface area contributed by atoms with Crippen LogP contribution in [-0.4, -0.2) is 11.1 Å². The minimum atomic E-state index is -4.49. The molecule has 0 spiro atoms. The molecule has 0 radical (unpaired) electrons. The minimum absolute atomic E-state index is 0.0518. The maximum Gasteiger partial charge on any atom is 0.416 e. The molecule has 2 N–H and O–H groups in total. The number of benzene rings is 2. The van der Waals surface area contributed by atoms with Gasteiger partial charge < -0.3 is 15.4 Å². The van der Waals surface area contributed by atoms with Crippen molar-refractivity contribution >= 4 is 23.3 Å². The monoisotopic (exact) mass is 406 g/mol. The van der Waals surface area contributed by atoms with Crippen molar-refractivity contribution in [3.8, 4) is 0 Å². The van der Waals surface area contributed by atoms with E-state index in [-0.39, 0.29) is 22.9 Å². The summed E-state index contributed by atoms with van der Waals surface area (Å²) in [6.07, 6.45) is -4.49. The first-order valence-corrected chi connectivity index (χ1v) is 8.83. The molecule has 0 saturated heterocycles. The summed E-state index contributed by atoms with van der Waals surface area (Å²) in [7, 11) is 0. The molecule has 8 heteroatoms. The van der Waals surface area contributed by atoms with Gasteiger partial charge in [0, 0.05) is 5.70 Å². The van der Waals surface area contributed by atoms with Crippen LogP contribution in [0.15, 0.2) is 65.9 Å². The molecule has 0 amide bonds. The summed E-state index contributed by atoms with van der Waals surface area (Å²) in [6.45, 7) is 1.68. The Balaban J connectivity index is 1.89. The quantitative estimate of drug-likeness (QED) is 0.588. The van der Waals surface area contributed by atoms with E-state index in [9.17, 15) is 18.0 Å². The zero-order valence-corrected chi connectivity index (χ0v) is 15.7. The van der Waals surface area contributed by atoms with E-state index in [0.717, 1.165) is 17.7 Å². The first-order valence-electron chi connectivity index (χ1n) is 8.42. The van der Waals surface area contributed by atoms with E-state index < -0.39 is 23.8 Å². The average Bonchev–Trinajstić information content (AvgIpc) is 2.66. The largest absolute Gasteiger partial charge is 0.457 e. The van der Waals surface area contributed by atoms with E-state index in [1.807, 2.05) is 30.3 Å². The van der Waals surface area contributed by atoms with Crippen molar-refractivity contribution in [1.82, 2.24) is 10.6 Å². The van der Waals surface area contributed by atoms with Gasteiger partial charge in [0.05, 0.1) is 17.2 Å². The Labute approximate surface area is 165 Å². The Kier molecular flexibility index (Phi) is 5.69. The number of rotatable bonds is 4. The molecular weight excluding hydrogens is 389 g/mol. The topological polar surface area (TPSA) is 50.4 Å². The van der Waals surface area contributed by atoms with Crippen LogP contribution >= 0.6 is 12.2 Å². The van der Waals surface area contributed by atoms with Gasteiger partial charge in [0.2, 0.25) is 0 Å². The molecule has 1 heterocycles. The highest BCUT2D eigenvalue weighted by atomic mass is 32.1. The Morgan fingerprint density at radius 1 is 1.14 bits per heavy atom. The lowest BCUT2D eigenvalue weighted by Gasteiger charge is -2.30. The van der Waals surface area contributed by atoms with E-state index in [0.29, 0.717) is 5.70 Å². The number of esters is 1. The number of halogens is 3. The fraction of sp³-hybridized carbons (Fsp3) is 0.200. The highest BCUT2D eigenvalue weighted by Gasteiger charge is 2.34. The van der Waals surface area contributed by atoms with Gasteiger partial charge >= 0.3 is 12.1 Å². The van der Waals surface area contributed by atoms with Crippen molar-refractivity contribution in [3.05, 3.63) is 82.6 Å². The summed E-state index contributed by atoms with van der Waals surface area (Å²) < 4.78 is 44.7. The fourth-order valence-corrected chi connectivity index (χ4v) is 3.18. The first-order chi connectivity index (χ1) is 13.3. The van der Waals surface area contributed by atoms with Crippen LogP contribution in [0.25, 0.3) is 0 Å². The van der Waals surface area contributed by atoms with E-state index in [4.69, 9.17) is 17.0 Å². The number of ether oxygens (including phenoxy) is 1. The average molecular weight is 406 g/mol. The van der Waals surface area contributed by atoms with Crippen LogP contribution in [0.2, 0.25) is 0 Å². The molecule has 0 unspecified atom stereocenters. The molecule has 1 aliphatic rings. The summed E-state index contributed by atoms with van der Waals surface area (Å²) >= 11 is 5.12. The smallest absolute Gasteiger partial charge is 0.416 e. The lowest BCUT2D eigenvalue weighted by molar-refractivity contribution is -0.140. The maximum atomic E-state index is 13.1. The lowest BCUT2D eigenvalue weighted by Crippen LogP contribution is -2.45. The second-order valence-electron chi connectivity index (χ2n) is 6.26. The predicted molar refractivity (Wildman–Crippen MR) is 102 cm³/mol. The maximum absolute atomic E-state index is 13.1. The van der Waals surface area contributed by atoms with Crippen molar-refractivity contribution in [2.24, 2.45) is 0 Å². The molecule has 3 rings (SSSR count). The number of alkyl halides is 3. The summed E-state index contributed by atoms with van der Waals surface area (Å²) in [5, 5.41) is 5.92. The predicted octanol–water partition coefficient (Wildman–Crippen LogP) is 4.24. The molecule has 28 heavy (non-hydrogen) atoms. The van der Waals surface area contributed by atoms with E-state index in [1.54, 1.807) is 6.92 Å². The molecule has 1 aliphatic heterocycles. The molecular formula is C20H17F3N2O2S. The van der Waals surface area contributed by atoms with Crippen molar-refractivity contribution in [2.75, 3.05) is 0 Å². The molecule has 2 aromatic carbocycles. The van der Waals surface area contributed by atoms with Crippen molar-refractivity contribution < 1.29 is 22.7 Å². The van der Waals surface area contributed by atoms with Crippen molar-refractivity contribution in [3.63, 3.8) is 0 Å². The second-order valence-corrected chi connectivity index (χ2v) is 6.66. The summed E-state index contributed by atoms with van der Waals surface area (Å²) in [6, 6.07) is 13.1. The Bertz CT molecular complexity index is 927. The van der Waals surface area contributed by atoms with Crippen LogP contribution in [0.3, 0.4) is 0 Å². The molecule has 0 aromatic heterocycles. The molecule has 0 bridgehead atoms. The van der Waals surface area contributed by atoms with Crippen LogP contribution < -0.4 is 10.6 Å². The molecule has 0 saturated carbocycles. The van der Waals surface area contributed by atoms with Gasteiger partial charge in [0.1, 0.15) is 6.61 Å². The zero-order valence-electron chi connectivity index (χ0n) is 14.8. The number of nitrogens with one attached hydrogen (secondary N) is 2. The second kappa shape index (κ2) is 8.02. The fourth-order valence-electron chi connectivity index (χ4n) is 2.91. The van der Waals surface area contributed by atoms with Crippen LogP contribution in [0, 0.1) is 0 Å². The van der Waals surface area contributed by atoms with E-state index >= 15 is 0 Å². The normalized spacial score (nSPS) is 17.0. The van der Waals surface area contributed by atoms with Gasteiger partial charge in [-0.25, -0.2) is 4.79 Å². The first kappa shape index (κ1) is 19.9. The Hall–Kier alpha value is -2.87. The van der Waals surface area contributed by atoms with Gasteiger partial charge in [-0.1, -0.05) is 42.5 Å². The van der Waals surface area contributed by atoms with E-state index in [2.05, 4.69) is 10.6 Å². The molecule has 0 aliphatic carbocycles. The number of hydrogen-bond donors (Lipinski definition) is 2. The number of carbonyl (C=O) groups is 1. The van der Waals surface area contributed by atoms with Crippen LogP contribution in [-0.2, 0) is 22.3 Å². The van der Waals surface area contributed by atoms with Gasteiger partial charge in [0.25, 0.3) is 0 Å². The van der Waals surface area contributed by atoms with Crippen LogP contribution in [0.4, 0.5) is 13.2 Å². The lowest BCUT2D eigenvalue weighted by atomic mass is 9.94. The third-order valence-electron chi connectivity index (χ3n) is 4.25. The van der Waals surface area contributed by atoms with Gasteiger partial charge in [-0.15, -0.1) is 0 Å². The summed E-state index contributed by atoms with van der Waals surface area (Å²) in [5.74, 6) is -0.633. The molecule has 0 fully saturated rings. The molecule has 1 atom stereocenters. The van der Waals surface area contributed by atoms with Gasteiger partial charge in [-0.3, -0.25) is 0 Å².